The van der Waals surface area contributed by atoms with E-state index in [1.807, 2.05) is 6.92 Å². The van der Waals surface area contributed by atoms with E-state index in [4.69, 9.17) is 0 Å². The van der Waals surface area contributed by atoms with Crippen LogP contribution in [0.4, 0.5) is 4.39 Å². The molecule has 0 aromatic carbocycles. The molecule has 0 saturated carbocycles. The monoisotopic (exact) mass is 387 g/mol. The van der Waals surface area contributed by atoms with E-state index >= 15 is 0 Å². The third-order valence-electron chi connectivity index (χ3n) is 3.82. The molecule has 0 aliphatic heterocycles. The number of allylic oxidation sites excluding steroid dienone is 3. The first-order valence-corrected chi connectivity index (χ1v) is 10.0. The zero-order valence-electron chi connectivity index (χ0n) is 16.6. The van der Waals surface area contributed by atoms with Crippen molar-refractivity contribution in [2.45, 2.75) is 33.1 Å². The highest BCUT2D eigenvalue weighted by Crippen LogP contribution is 2.15. The molecular weight excluding hydrogens is 357 g/mol. The molecule has 0 aliphatic carbocycles. The van der Waals surface area contributed by atoms with Crippen LogP contribution < -0.4 is 5.32 Å². The number of nitrogens with zero attached hydrogens (tertiary/aromatic N) is 2. The molecule has 3 nitrogen and oxygen atoms in total. The van der Waals surface area contributed by atoms with Gasteiger partial charge in [0.05, 0.1) is 23.3 Å². The quantitative estimate of drug-likeness (QED) is 0.217. The van der Waals surface area contributed by atoms with Gasteiger partial charge < -0.3 is 5.32 Å². The Kier molecular flexibility index (Phi) is 10.4. The lowest BCUT2D eigenvalue weighted by molar-refractivity contribution is 0.608. The maximum atomic E-state index is 13.9. The lowest BCUT2D eigenvalue weighted by atomic mass is 10.0. The number of aryl methyl sites for hydroxylation is 1. The van der Waals surface area contributed by atoms with Crippen LogP contribution in [0.5, 0.6) is 0 Å². The largest absolute Gasteiger partial charge is 0.387 e. The Morgan fingerprint density at radius 2 is 2.11 bits per heavy atom. The highest BCUT2D eigenvalue weighted by atomic mass is 32.2. The maximum absolute atomic E-state index is 13.9. The van der Waals surface area contributed by atoms with Crippen LogP contribution in [0.3, 0.4) is 0 Å². The molecule has 0 amide bonds. The molecule has 0 aliphatic rings. The number of pyridine rings is 1. The van der Waals surface area contributed by atoms with Gasteiger partial charge in [-0.25, -0.2) is 4.39 Å². The second-order valence-corrected chi connectivity index (χ2v) is 7.81. The van der Waals surface area contributed by atoms with E-state index in [9.17, 15) is 4.39 Å². The van der Waals surface area contributed by atoms with Crippen molar-refractivity contribution in [3.63, 3.8) is 0 Å². The van der Waals surface area contributed by atoms with Crippen molar-refractivity contribution in [1.82, 2.24) is 10.3 Å². The highest BCUT2D eigenvalue weighted by Gasteiger charge is 2.05. The number of halogens is 1. The first-order valence-electron chi connectivity index (χ1n) is 9.03. The molecule has 0 fully saturated rings. The van der Waals surface area contributed by atoms with Gasteiger partial charge in [-0.15, -0.1) is 11.8 Å². The Balaban J connectivity index is 2.58. The number of aromatic nitrogens is 1. The third-order valence-corrected chi connectivity index (χ3v) is 4.75. The van der Waals surface area contributed by atoms with Gasteiger partial charge in [-0.1, -0.05) is 38.8 Å². The van der Waals surface area contributed by atoms with Gasteiger partial charge in [-0.05, 0) is 43.1 Å². The first-order chi connectivity index (χ1) is 12.8. The van der Waals surface area contributed by atoms with Gasteiger partial charge in [0.1, 0.15) is 5.82 Å². The second kappa shape index (κ2) is 12.3. The minimum atomic E-state index is -0.306. The molecule has 1 N–H and O–H groups in total. The summed E-state index contributed by atoms with van der Waals surface area (Å²) in [7, 11) is 1.75. The Bertz CT molecular complexity index is 722. The molecular formula is C22H30FN3S. The Hall–Kier alpha value is -2.14. The summed E-state index contributed by atoms with van der Waals surface area (Å²) in [5.41, 5.74) is 2.32. The second-order valence-electron chi connectivity index (χ2n) is 6.42. The fraction of sp³-hybridized carbons (Fsp3) is 0.364. The van der Waals surface area contributed by atoms with Crippen molar-refractivity contribution < 1.29 is 4.39 Å². The number of thioether (sulfide) groups is 1. The van der Waals surface area contributed by atoms with E-state index in [0.29, 0.717) is 23.0 Å². The molecule has 0 saturated heterocycles. The average molecular weight is 388 g/mol. The summed E-state index contributed by atoms with van der Waals surface area (Å²) in [5, 5.41) is 2.87. The van der Waals surface area contributed by atoms with Crippen molar-refractivity contribution in [2.24, 2.45) is 10.9 Å². The van der Waals surface area contributed by atoms with E-state index in [1.54, 1.807) is 18.8 Å². The van der Waals surface area contributed by atoms with Crippen LogP contribution in [-0.2, 0) is 6.42 Å². The van der Waals surface area contributed by atoms with Gasteiger partial charge in [-0.2, -0.15) is 0 Å². The molecule has 0 bridgehead atoms. The van der Waals surface area contributed by atoms with E-state index < -0.39 is 0 Å². The number of nitrogens with one attached hydrogen (secondary N) is 1. The van der Waals surface area contributed by atoms with Gasteiger partial charge in [0, 0.05) is 24.6 Å². The van der Waals surface area contributed by atoms with Gasteiger partial charge >= 0.3 is 0 Å². The van der Waals surface area contributed by atoms with Gasteiger partial charge in [-0.3, -0.25) is 9.98 Å². The van der Waals surface area contributed by atoms with Crippen LogP contribution in [0.25, 0.3) is 0 Å². The van der Waals surface area contributed by atoms with Crippen molar-refractivity contribution >= 4 is 18.0 Å². The van der Waals surface area contributed by atoms with Crippen LogP contribution in [-0.4, -0.2) is 24.0 Å². The lowest BCUT2D eigenvalue weighted by Gasteiger charge is -2.07. The van der Waals surface area contributed by atoms with Crippen molar-refractivity contribution in [2.75, 3.05) is 12.8 Å². The summed E-state index contributed by atoms with van der Waals surface area (Å²) in [5.74, 6) is 1.16. The molecule has 1 aromatic heterocycles. The van der Waals surface area contributed by atoms with Crippen LogP contribution in [0, 0.1) is 11.7 Å². The third kappa shape index (κ3) is 9.94. The molecule has 0 spiro atoms. The minimum absolute atomic E-state index is 0.306. The van der Waals surface area contributed by atoms with Gasteiger partial charge in [0.15, 0.2) is 0 Å². The van der Waals surface area contributed by atoms with Crippen molar-refractivity contribution in [3.05, 3.63) is 77.5 Å². The zero-order valence-corrected chi connectivity index (χ0v) is 17.4. The normalized spacial score (nSPS) is 12.4. The average Bonchev–Trinajstić information content (AvgIpc) is 2.62. The van der Waals surface area contributed by atoms with Crippen LogP contribution in [0.2, 0.25) is 0 Å². The summed E-state index contributed by atoms with van der Waals surface area (Å²) < 4.78 is 13.9. The zero-order chi connectivity index (χ0) is 20.2. The summed E-state index contributed by atoms with van der Waals surface area (Å²) in [4.78, 5) is 9.80. The molecule has 1 atom stereocenters. The molecule has 1 heterocycles. The summed E-state index contributed by atoms with van der Waals surface area (Å²) in [6.07, 6.45) is 8.60. The predicted octanol–water partition coefficient (Wildman–Crippen LogP) is 5.67. The molecule has 27 heavy (non-hydrogen) atoms. The molecule has 146 valence electrons. The van der Waals surface area contributed by atoms with Crippen LogP contribution >= 0.6 is 11.8 Å². The predicted molar refractivity (Wildman–Crippen MR) is 118 cm³/mol. The Morgan fingerprint density at radius 1 is 1.37 bits per heavy atom. The molecule has 1 unspecified atom stereocenters. The van der Waals surface area contributed by atoms with Gasteiger partial charge in [0.25, 0.3) is 0 Å². The van der Waals surface area contributed by atoms with Crippen LogP contribution in [0.15, 0.2) is 65.3 Å². The summed E-state index contributed by atoms with van der Waals surface area (Å²) >= 11 is 1.78. The number of likely N-dealkylation sites (N-methyl/N-ethyl adjacent to an activating group) is 1. The molecule has 1 rings (SSSR count). The minimum Gasteiger partial charge on any atom is -0.387 e. The number of aliphatic imine (C=N–C) groups is 1. The fourth-order valence-corrected chi connectivity index (χ4v) is 2.84. The van der Waals surface area contributed by atoms with Crippen molar-refractivity contribution in [1.29, 1.82) is 0 Å². The lowest BCUT2D eigenvalue weighted by Crippen LogP contribution is -2.05. The summed E-state index contributed by atoms with van der Waals surface area (Å²) in [6, 6.07) is 2.85. The number of rotatable bonds is 12. The first kappa shape index (κ1) is 22.9. The fourth-order valence-electron chi connectivity index (χ4n) is 2.23. The molecule has 1 aromatic rings. The highest BCUT2D eigenvalue weighted by molar-refractivity contribution is 8.03. The topological polar surface area (TPSA) is 37.3 Å². The van der Waals surface area contributed by atoms with E-state index in [-0.39, 0.29) is 5.82 Å². The SMILES string of the molecule is C=C(C)SCC/C=C/C(C)CCc1cc(F)cc(/C=N/C(=C)C(=C)NC)n1. The molecule has 5 heteroatoms. The standard InChI is InChI=1S/C22H30FN3S/c1-16(2)27-12-8-7-9-17(3)10-11-21-13-20(23)14-22(26-21)15-25-19(5)18(4)24-6/h7,9,13-15,17,24H,1,4-5,8,10-12H2,2-3,6H3/b9-7+,25-15+. The van der Waals surface area contributed by atoms with Crippen LogP contribution in [0.1, 0.15) is 38.1 Å². The van der Waals surface area contributed by atoms with E-state index in [2.05, 4.69) is 54.1 Å². The number of hydrogen-bond acceptors (Lipinski definition) is 4. The number of hydrogen-bond donors (Lipinski definition) is 1. The maximum Gasteiger partial charge on any atom is 0.127 e. The van der Waals surface area contributed by atoms with E-state index in [0.717, 1.165) is 35.6 Å². The van der Waals surface area contributed by atoms with Crippen molar-refractivity contribution in [3.8, 4) is 0 Å². The Morgan fingerprint density at radius 3 is 2.78 bits per heavy atom. The smallest absolute Gasteiger partial charge is 0.127 e. The molecule has 0 radical (unpaired) electrons. The van der Waals surface area contributed by atoms with Gasteiger partial charge in [0.2, 0.25) is 0 Å². The van der Waals surface area contributed by atoms with E-state index in [1.165, 1.54) is 18.3 Å². The summed E-state index contributed by atoms with van der Waals surface area (Å²) in [6.45, 7) is 15.7. The Labute approximate surface area is 167 Å².